The molecule has 0 saturated heterocycles. The first-order valence-electron chi connectivity index (χ1n) is 10.2. The Morgan fingerprint density at radius 2 is 1.46 bits per heavy atom. The van der Waals surface area contributed by atoms with Crippen molar-refractivity contribution in [3.63, 3.8) is 0 Å². The van der Waals surface area contributed by atoms with Gasteiger partial charge >= 0.3 is 5.97 Å². The fraction of sp³-hybridized carbons (Fsp3) is 0.160. The molecule has 1 amide bonds. The predicted molar refractivity (Wildman–Crippen MR) is 133 cm³/mol. The van der Waals surface area contributed by atoms with Crippen LogP contribution >= 0.6 is 15.9 Å². The van der Waals surface area contributed by atoms with Gasteiger partial charge in [-0.1, -0.05) is 15.9 Å². The van der Waals surface area contributed by atoms with E-state index in [1.165, 1.54) is 39.7 Å². The summed E-state index contributed by atoms with van der Waals surface area (Å²) < 4.78 is 27.2. The van der Waals surface area contributed by atoms with E-state index in [2.05, 4.69) is 26.5 Å². The second-order valence-electron chi connectivity index (χ2n) is 6.91. The van der Waals surface area contributed by atoms with E-state index < -0.39 is 11.9 Å². The Morgan fingerprint density at radius 3 is 2.03 bits per heavy atom. The Kier molecular flexibility index (Phi) is 8.69. The lowest BCUT2D eigenvalue weighted by Gasteiger charge is -2.13. The van der Waals surface area contributed by atoms with Crippen LogP contribution in [-0.2, 0) is 0 Å². The zero-order chi connectivity index (χ0) is 25.4. The Balaban J connectivity index is 1.77. The Labute approximate surface area is 210 Å². The van der Waals surface area contributed by atoms with Crippen molar-refractivity contribution in [2.45, 2.75) is 0 Å². The van der Waals surface area contributed by atoms with Crippen LogP contribution in [0.5, 0.6) is 28.7 Å². The number of nitrogens with zero attached hydrogens (tertiary/aromatic N) is 1. The molecule has 0 atom stereocenters. The van der Waals surface area contributed by atoms with E-state index in [1.807, 2.05) is 0 Å². The molecule has 0 unspecified atom stereocenters. The number of methoxy groups -OCH3 is 4. The van der Waals surface area contributed by atoms with Crippen LogP contribution in [0.25, 0.3) is 0 Å². The lowest BCUT2D eigenvalue weighted by Crippen LogP contribution is -2.18. The Hall–Kier alpha value is -4.05. The summed E-state index contributed by atoms with van der Waals surface area (Å²) in [6.07, 6.45) is 1.37. The van der Waals surface area contributed by atoms with Crippen molar-refractivity contribution >= 4 is 34.0 Å². The molecule has 0 aromatic heterocycles. The molecule has 0 radical (unpaired) electrons. The highest BCUT2D eigenvalue weighted by atomic mass is 79.9. The van der Waals surface area contributed by atoms with E-state index in [4.69, 9.17) is 23.7 Å². The third-order valence-electron chi connectivity index (χ3n) is 4.80. The largest absolute Gasteiger partial charge is 0.497 e. The normalized spacial score (nSPS) is 10.5. The van der Waals surface area contributed by atoms with E-state index in [0.717, 1.165) is 4.47 Å². The van der Waals surface area contributed by atoms with Crippen molar-refractivity contribution in [2.75, 3.05) is 28.4 Å². The van der Waals surface area contributed by atoms with E-state index in [9.17, 15) is 9.59 Å². The summed E-state index contributed by atoms with van der Waals surface area (Å²) in [5.41, 5.74) is 3.51. The van der Waals surface area contributed by atoms with Gasteiger partial charge < -0.3 is 23.7 Å². The third kappa shape index (κ3) is 6.30. The zero-order valence-corrected chi connectivity index (χ0v) is 21.0. The summed E-state index contributed by atoms with van der Waals surface area (Å²) in [5, 5.41) is 4.01. The average molecular weight is 543 g/mol. The number of carbonyl (C=O) groups excluding carboxylic acids is 2. The first-order valence-corrected chi connectivity index (χ1v) is 11.0. The molecule has 10 heteroatoms. The number of rotatable bonds is 9. The molecule has 3 rings (SSSR count). The minimum Gasteiger partial charge on any atom is -0.497 e. The number of ether oxygens (including phenoxy) is 5. The van der Waals surface area contributed by atoms with Crippen LogP contribution in [0, 0.1) is 0 Å². The zero-order valence-electron chi connectivity index (χ0n) is 19.5. The van der Waals surface area contributed by atoms with Gasteiger partial charge in [-0.3, -0.25) is 4.79 Å². The fourth-order valence-electron chi connectivity index (χ4n) is 3.04. The first kappa shape index (κ1) is 25.6. The molecule has 0 aliphatic carbocycles. The van der Waals surface area contributed by atoms with E-state index >= 15 is 0 Å². The van der Waals surface area contributed by atoms with E-state index in [1.54, 1.807) is 49.6 Å². The molecule has 182 valence electrons. The topological polar surface area (TPSA) is 105 Å². The highest BCUT2D eigenvalue weighted by molar-refractivity contribution is 9.10. The smallest absolute Gasteiger partial charge is 0.343 e. The molecule has 35 heavy (non-hydrogen) atoms. The van der Waals surface area contributed by atoms with Gasteiger partial charge in [0.25, 0.3) is 5.91 Å². The molecule has 9 nitrogen and oxygen atoms in total. The summed E-state index contributed by atoms with van der Waals surface area (Å²) >= 11 is 3.38. The molecule has 0 heterocycles. The maximum Gasteiger partial charge on any atom is 0.343 e. The minimum atomic E-state index is -0.550. The molecule has 0 spiro atoms. The van der Waals surface area contributed by atoms with Gasteiger partial charge in [0, 0.05) is 15.6 Å². The quantitative estimate of drug-likeness (QED) is 0.184. The van der Waals surface area contributed by atoms with Crippen molar-refractivity contribution in [1.29, 1.82) is 0 Å². The Bertz CT molecular complexity index is 1220. The second kappa shape index (κ2) is 11.9. The maximum atomic E-state index is 12.7. The van der Waals surface area contributed by atoms with Crippen molar-refractivity contribution in [1.82, 2.24) is 5.43 Å². The summed E-state index contributed by atoms with van der Waals surface area (Å²) in [4.78, 5) is 25.2. The maximum absolute atomic E-state index is 12.7. The molecule has 3 aromatic rings. The molecule has 0 aliphatic heterocycles. The van der Waals surface area contributed by atoms with Gasteiger partial charge in [0.05, 0.1) is 40.2 Å². The van der Waals surface area contributed by atoms with Gasteiger partial charge in [0.15, 0.2) is 11.5 Å². The van der Waals surface area contributed by atoms with Crippen LogP contribution < -0.4 is 29.1 Å². The summed E-state index contributed by atoms with van der Waals surface area (Å²) in [6, 6.07) is 14.6. The lowest BCUT2D eigenvalue weighted by molar-refractivity contribution is 0.0734. The molecule has 1 N–H and O–H groups in total. The number of carbonyl (C=O) groups is 2. The fourth-order valence-corrected chi connectivity index (χ4v) is 3.42. The van der Waals surface area contributed by atoms with Gasteiger partial charge in [-0.2, -0.15) is 5.10 Å². The highest BCUT2D eigenvalue weighted by Crippen LogP contribution is 2.38. The summed E-state index contributed by atoms with van der Waals surface area (Å²) in [5.74, 6) is 0.868. The van der Waals surface area contributed by atoms with Gasteiger partial charge in [0.2, 0.25) is 5.75 Å². The van der Waals surface area contributed by atoms with Crippen molar-refractivity contribution in [3.8, 4) is 28.7 Å². The van der Waals surface area contributed by atoms with Crippen LogP contribution in [0.1, 0.15) is 26.3 Å². The number of amides is 1. The molecular weight excluding hydrogens is 520 g/mol. The van der Waals surface area contributed by atoms with Crippen LogP contribution in [-0.4, -0.2) is 46.5 Å². The number of hydrazone groups is 1. The molecule has 0 fully saturated rings. The average Bonchev–Trinajstić information content (AvgIpc) is 2.88. The molecular formula is C25H23BrN2O7. The van der Waals surface area contributed by atoms with Crippen LogP contribution in [0.15, 0.2) is 64.2 Å². The first-order chi connectivity index (χ1) is 16.9. The van der Waals surface area contributed by atoms with Crippen LogP contribution in [0.4, 0.5) is 0 Å². The number of nitrogens with one attached hydrogen (secondary N) is 1. The third-order valence-corrected chi connectivity index (χ3v) is 5.29. The number of esters is 1. The highest BCUT2D eigenvalue weighted by Gasteiger charge is 2.17. The Morgan fingerprint density at radius 1 is 0.800 bits per heavy atom. The van der Waals surface area contributed by atoms with Gasteiger partial charge in [0.1, 0.15) is 11.5 Å². The summed E-state index contributed by atoms with van der Waals surface area (Å²) in [7, 11) is 5.93. The number of hydrogen-bond donors (Lipinski definition) is 1. The monoisotopic (exact) mass is 542 g/mol. The predicted octanol–water partition coefficient (Wildman–Crippen LogP) is 4.47. The van der Waals surface area contributed by atoms with Gasteiger partial charge in [-0.25, -0.2) is 10.2 Å². The number of benzene rings is 3. The number of halogens is 1. The van der Waals surface area contributed by atoms with E-state index in [0.29, 0.717) is 34.1 Å². The molecule has 3 aromatic carbocycles. The minimum absolute atomic E-state index is 0.247. The van der Waals surface area contributed by atoms with Crippen molar-refractivity contribution in [2.24, 2.45) is 5.10 Å². The van der Waals surface area contributed by atoms with Crippen molar-refractivity contribution in [3.05, 3.63) is 75.8 Å². The number of hydrogen-bond acceptors (Lipinski definition) is 8. The van der Waals surface area contributed by atoms with Gasteiger partial charge in [-0.15, -0.1) is 0 Å². The van der Waals surface area contributed by atoms with E-state index in [-0.39, 0.29) is 11.3 Å². The SMILES string of the molecule is COc1ccc(C(=O)Oc2ccc(Br)cc2/C=N/NC(=O)c2cc(OC)c(OC)c(OC)c2)cc1. The standard InChI is InChI=1S/C25H23BrN2O7/c1-31-19-8-5-15(6-9-19)25(30)35-20-10-7-18(26)11-17(20)14-27-28-24(29)16-12-21(32-2)23(34-4)22(13-16)33-3/h5-14H,1-4H3,(H,28,29)/b27-14+. The summed E-state index contributed by atoms with van der Waals surface area (Å²) in [6.45, 7) is 0. The molecule has 0 bridgehead atoms. The molecule has 0 saturated carbocycles. The van der Waals surface area contributed by atoms with Crippen LogP contribution in [0.2, 0.25) is 0 Å². The van der Waals surface area contributed by atoms with Gasteiger partial charge in [-0.05, 0) is 54.6 Å². The van der Waals surface area contributed by atoms with Crippen LogP contribution in [0.3, 0.4) is 0 Å². The van der Waals surface area contributed by atoms with Crippen molar-refractivity contribution < 1.29 is 33.3 Å². The molecule has 0 aliphatic rings. The second-order valence-corrected chi connectivity index (χ2v) is 7.83. The lowest BCUT2D eigenvalue weighted by atomic mass is 10.1.